The van der Waals surface area contributed by atoms with Crippen LogP contribution in [0.3, 0.4) is 0 Å². The molecule has 1 aliphatic carbocycles. The molecule has 3 atom stereocenters. The van der Waals surface area contributed by atoms with Gasteiger partial charge in [-0.3, -0.25) is 4.90 Å². The van der Waals surface area contributed by atoms with Gasteiger partial charge in [-0.15, -0.1) is 0 Å². The number of hydrogen-bond acceptors (Lipinski definition) is 3. The van der Waals surface area contributed by atoms with Crippen molar-refractivity contribution in [2.24, 2.45) is 17.8 Å². The summed E-state index contributed by atoms with van der Waals surface area (Å²) in [5.74, 6) is 2.77. The lowest BCUT2D eigenvalue weighted by Crippen LogP contribution is -2.46. The van der Waals surface area contributed by atoms with Crippen LogP contribution in [0.2, 0.25) is 0 Å². The SMILES string of the molecule is Fc1cccc(CN2CCN(CC3[C@H]4CNC[C@@H]34)CC2)c1. The van der Waals surface area contributed by atoms with Crippen molar-refractivity contribution in [2.45, 2.75) is 6.54 Å². The van der Waals surface area contributed by atoms with Crippen LogP contribution in [0.4, 0.5) is 4.39 Å². The number of piperazine rings is 1. The second-order valence-corrected chi connectivity index (χ2v) is 6.86. The summed E-state index contributed by atoms with van der Waals surface area (Å²) in [4.78, 5) is 5.08. The van der Waals surface area contributed by atoms with Crippen LogP contribution in [0.5, 0.6) is 0 Å². The molecular formula is C17H24FN3. The molecule has 1 unspecified atom stereocenters. The largest absolute Gasteiger partial charge is 0.316 e. The van der Waals surface area contributed by atoms with Crippen molar-refractivity contribution >= 4 is 0 Å². The molecule has 0 spiro atoms. The fourth-order valence-corrected chi connectivity index (χ4v) is 4.14. The lowest BCUT2D eigenvalue weighted by Gasteiger charge is -2.35. The van der Waals surface area contributed by atoms with Gasteiger partial charge in [0.1, 0.15) is 5.82 Å². The molecule has 3 aliphatic rings. The molecule has 1 N–H and O–H groups in total. The van der Waals surface area contributed by atoms with E-state index in [1.807, 2.05) is 6.07 Å². The zero-order valence-corrected chi connectivity index (χ0v) is 12.5. The van der Waals surface area contributed by atoms with Gasteiger partial charge in [-0.1, -0.05) is 12.1 Å². The first-order chi connectivity index (χ1) is 10.3. The van der Waals surface area contributed by atoms with Gasteiger partial charge in [0.2, 0.25) is 0 Å². The van der Waals surface area contributed by atoms with E-state index in [1.165, 1.54) is 38.8 Å². The molecule has 0 amide bonds. The molecule has 1 aromatic rings. The Bertz CT molecular complexity index is 489. The van der Waals surface area contributed by atoms with E-state index >= 15 is 0 Å². The van der Waals surface area contributed by atoms with Crippen LogP contribution in [-0.4, -0.2) is 55.6 Å². The normalized spacial score (nSPS) is 33.1. The van der Waals surface area contributed by atoms with E-state index in [0.717, 1.165) is 43.0 Å². The van der Waals surface area contributed by atoms with Crippen molar-refractivity contribution in [2.75, 3.05) is 45.8 Å². The van der Waals surface area contributed by atoms with Gasteiger partial charge < -0.3 is 10.2 Å². The monoisotopic (exact) mass is 289 g/mol. The predicted molar refractivity (Wildman–Crippen MR) is 81.5 cm³/mol. The number of rotatable bonds is 4. The summed E-state index contributed by atoms with van der Waals surface area (Å²) in [6, 6.07) is 7.00. The summed E-state index contributed by atoms with van der Waals surface area (Å²) >= 11 is 0. The third-order valence-corrected chi connectivity index (χ3v) is 5.50. The van der Waals surface area contributed by atoms with E-state index in [1.54, 1.807) is 12.1 Å². The summed E-state index contributed by atoms with van der Waals surface area (Å²) in [7, 11) is 0. The molecule has 0 bridgehead atoms. The molecule has 114 valence electrons. The van der Waals surface area contributed by atoms with Gasteiger partial charge in [0.15, 0.2) is 0 Å². The fraction of sp³-hybridized carbons (Fsp3) is 0.647. The van der Waals surface area contributed by atoms with Crippen LogP contribution in [0.25, 0.3) is 0 Å². The highest BCUT2D eigenvalue weighted by molar-refractivity contribution is 5.16. The summed E-state index contributed by atoms with van der Waals surface area (Å²) in [6.45, 7) is 9.21. The number of piperidine rings is 1. The van der Waals surface area contributed by atoms with E-state index < -0.39 is 0 Å². The highest BCUT2D eigenvalue weighted by Gasteiger charge is 2.52. The second-order valence-electron chi connectivity index (χ2n) is 6.86. The van der Waals surface area contributed by atoms with Crippen LogP contribution in [0, 0.1) is 23.6 Å². The Hall–Kier alpha value is -0.970. The first kappa shape index (κ1) is 13.7. The van der Waals surface area contributed by atoms with Crippen LogP contribution < -0.4 is 5.32 Å². The van der Waals surface area contributed by atoms with E-state index in [0.29, 0.717) is 0 Å². The Balaban J connectivity index is 1.23. The molecule has 3 nitrogen and oxygen atoms in total. The Labute approximate surface area is 126 Å². The zero-order chi connectivity index (χ0) is 14.2. The van der Waals surface area contributed by atoms with Crippen LogP contribution in [-0.2, 0) is 6.54 Å². The average Bonchev–Trinajstić information content (AvgIpc) is 2.92. The highest BCUT2D eigenvalue weighted by Crippen LogP contribution is 2.48. The van der Waals surface area contributed by atoms with Gasteiger partial charge in [0.25, 0.3) is 0 Å². The first-order valence-electron chi connectivity index (χ1n) is 8.19. The summed E-state index contributed by atoms with van der Waals surface area (Å²) in [5, 5.41) is 3.47. The van der Waals surface area contributed by atoms with E-state index in [4.69, 9.17) is 0 Å². The molecule has 2 aliphatic heterocycles. The number of nitrogens with one attached hydrogen (secondary N) is 1. The molecule has 1 saturated carbocycles. The third kappa shape index (κ3) is 2.98. The van der Waals surface area contributed by atoms with Crippen molar-refractivity contribution in [3.63, 3.8) is 0 Å². The van der Waals surface area contributed by atoms with Crippen LogP contribution in [0.15, 0.2) is 24.3 Å². The Kier molecular flexibility index (Phi) is 3.69. The van der Waals surface area contributed by atoms with Gasteiger partial charge >= 0.3 is 0 Å². The van der Waals surface area contributed by atoms with Gasteiger partial charge in [-0.05, 0) is 48.5 Å². The number of hydrogen-bond donors (Lipinski definition) is 1. The topological polar surface area (TPSA) is 18.5 Å². The third-order valence-electron chi connectivity index (χ3n) is 5.50. The number of nitrogens with zero attached hydrogens (tertiary/aromatic N) is 2. The summed E-state index contributed by atoms with van der Waals surface area (Å²) < 4.78 is 13.2. The van der Waals surface area contributed by atoms with Crippen molar-refractivity contribution in [3.8, 4) is 0 Å². The molecule has 0 aromatic heterocycles. The maximum atomic E-state index is 13.2. The number of benzene rings is 1. The molecule has 2 heterocycles. The molecule has 0 radical (unpaired) electrons. The highest BCUT2D eigenvalue weighted by atomic mass is 19.1. The van der Waals surface area contributed by atoms with E-state index in [9.17, 15) is 4.39 Å². The smallest absolute Gasteiger partial charge is 0.123 e. The van der Waals surface area contributed by atoms with Crippen LogP contribution in [0.1, 0.15) is 5.56 Å². The standard InChI is InChI=1S/C17H24FN3/c18-14-3-1-2-13(8-14)11-20-4-6-21(7-5-20)12-17-15-9-19-10-16(15)17/h1-3,8,15-17,19H,4-7,9-12H2/t15-,16+,17?. The lowest BCUT2D eigenvalue weighted by atomic mass is 10.2. The number of fused-ring (bicyclic) bond motifs is 1. The number of halogens is 1. The van der Waals surface area contributed by atoms with E-state index in [2.05, 4.69) is 15.1 Å². The average molecular weight is 289 g/mol. The fourth-order valence-electron chi connectivity index (χ4n) is 4.14. The molecule has 1 aromatic carbocycles. The molecule has 2 saturated heterocycles. The second kappa shape index (κ2) is 5.67. The van der Waals surface area contributed by atoms with E-state index in [-0.39, 0.29) is 5.82 Å². The van der Waals surface area contributed by atoms with Gasteiger partial charge in [-0.2, -0.15) is 0 Å². The van der Waals surface area contributed by atoms with Crippen LogP contribution >= 0.6 is 0 Å². The molecule has 3 fully saturated rings. The van der Waals surface area contributed by atoms with Crippen molar-refractivity contribution < 1.29 is 4.39 Å². The van der Waals surface area contributed by atoms with Gasteiger partial charge in [0.05, 0.1) is 0 Å². The van der Waals surface area contributed by atoms with Crippen molar-refractivity contribution in [1.29, 1.82) is 0 Å². The quantitative estimate of drug-likeness (QED) is 0.904. The minimum atomic E-state index is -0.125. The van der Waals surface area contributed by atoms with Crippen molar-refractivity contribution in [1.82, 2.24) is 15.1 Å². The Morgan fingerprint density at radius 2 is 1.76 bits per heavy atom. The zero-order valence-electron chi connectivity index (χ0n) is 12.5. The lowest BCUT2D eigenvalue weighted by molar-refractivity contribution is 0.120. The van der Waals surface area contributed by atoms with Gasteiger partial charge in [0, 0.05) is 39.3 Å². The Morgan fingerprint density at radius 1 is 1.05 bits per heavy atom. The maximum absolute atomic E-state index is 13.2. The molecule has 4 rings (SSSR count). The Morgan fingerprint density at radius 3 is 2.48 bits per heavy atom. The predicted octanol–water partition coefficient (Wildman–Crippen LogP) is 1.41. The first-order valence-corrected chi connectivity index (χ1v) is 8.19. The summed E-state index contributed by atoms with van der Waals surface area (Å²) in [6.07, 6.45) is 0. The van der Waals surface area contributed by atoms with Gasteiger partial charge in [-0.25, -0.2) is 4.39 Å². The molecular weight excluding hydrogens is 265 g/mol. The maximum Gasteiger partial charge on any atom is 0.123 e. The minimum Gasteiger partial charge on any atom is -0.316 e. The minimum absolute atomic E-state index is 0.125. The molecule has 4 heteroatoms. The molecule has 21 heavy (non-hydrogen) atoms. The summed E-state index contributed by atoms with van der Waals surface area (Å²) in [5.41, 5.74) is 1.09. The van der Waals surface area contributed by atoms with Crippen molar-refractivity contribution in [3.05, 3.63) is 35.6 Å².